The van der Waals surface area contributed by atoms with E-state index in [1.54, 1.807) is 12.1 Å². The lowest BCUT2D eigenvalue weighted by molar-refractivity contribution is 0.186. The van der Waals surface area contributed by atoms with Crippen molar-refractivity contribution < 1.29 is 5.21 Å². The second kappa shape index (κ2) is 7.11. The summed E-state index contributed by atoms with van der Waals surface area (Å²) < 4.78 is 1.83. The lowest BCUT2D eigenvalue weighted by atomic mass is 10.1. The molecule has 2 rings (SSSR count). The van der Waals surface area contributed by atoms with E-state index < -0.39 is 0 Å². The van der Waals surface area contributed by atoms with Gasteiger partial charge in [0.1, 0.15) is 0 Å². The molecule has 0 bridgehead atoms. The maximum Gasteiger partial charge on any atom is 0.203 e. The minimum Gasteiger partial charge on any atom is -0.428 e. The van der Waals surface area contributed by atoms with Crippen molar-refractivity contribution >= 4 is 33.5 Å². The van der Waals surface area contributed by atoms with Crippen LogP contribution in [0.1, 0.15) is 44.7 Å². The van der Waals surface area contributed by atoms with Crippen LogP contribution in [0.15, 0.2) is 29.1 Å². The standard InChI is InChI=1S/C16H20INO2/c1-2-3-4-5-6-11-14-15(17)16(19)12-9-7-8-10-13(12)18(14)20/h7-10,20H,2-6,11H2,1H3. The lowest BCUT2D eigenvalue weighted by Crippen LogP contribution is -2.17. The van der Waals surface area contributed by atoms with Gasteiger partial charge in [0.15, 0.2) is 0 Å². The number of pyridine rings is 1. The van der Waals surface area contributed by atoms with E-state index in [4.69, 9.17) is 0 Å². The Morgan fingerprint density at radius 2 is 1.85 bits per heavy atom. The molecule has 20 heavy (non-hydrogen) atoms. The number of fused-ring (bicyclic) bond motifs is 1. The molecule has 0 aliphatic heterocycles. The number of rotatable bonds is 6. The van der Waals surface area contributed by atoms with Crippen molar-refractivity contribution in [2.45, 2.75) is 45.4 Å². The Morgan fingerprint density at radius 1 is 1.15 bits per heavy atom. The van der Waals surface area contributed by atoms with Crippen LogP contribution in [0.3, 0.4) is 0 Å². The van der Waals surface area contributed by atoms with Crippen LogP contribution in [0.2, 0.25) is 0 Å². The van der Waals surface area contributed by atoms with Crippen LogP contribution in [0, 0.1) is 3.57 Å². The molecule has 0 aliphatic rings. The fourth-order valence-electron chi connectivity index (χ4n) is 2.45. The third kappa shape index (κ3) is 3.16. The van der Waals surface area contributed by atoms with Gasteiger partial charge in [0.05, 0.1) is 20.2 Å². The van der Waals surface area contributed by atoms with Crippen LogP contribution in [0.4, 0.5) is 0 Å². The normalized spacial score (nSPS) is 11.1. The fourth-order valence-corrected chi connectivity index (χ4v) is 3.24. The maximum absolute atomic E-state index is 12.3. The maximum atomic E-state index is 12.3. The fraction of sp³-hybridized carbons (Fsp3) is 0.438. The highest BCUT2D eigenvalue weighted by molar-refractivity contribution is 14.1. The van der Waals surface area contributed by atoms with Crippen molar-refractivity contribution in [2.75, 3.05) is 0 Å². The Balaban J connectivity index is 2.27. The molecule has 4 heteroatoms. The summed E-state index contributed by atoms with van der Waals surface area (Å²) >= 11 is 2.05. The second-order valence-electron chi connectivity index (χ2n) is 5.08. The highest BCUT2D eigenvalue weighted by Gasteiger charge is 2.13. The largest absolute Gasteiger partial charge is 0.428 e. The minimum atomic E-state index is 0.0232. The molecule has 0 fully saturated rings. The molecule has 0 saturated carbocycles. The van der Waals surface area contributed by atoms with E-state index in [1.807, 2.05) is 12.1 Å². The zero-order valence-electron chi connectivity index (χ0n) is 11.7. The Kier molecular flexibility index (Phi) is 5.46. The zero-order chi connectivity index (χ0) is 14.5. The van der Waals surface area contributed by atoms with Gasteiger partial charge in [0, 0.05) is 0 Å². The van der Waals surface area contributed by atoms with Gasteiger partial charge in [-0.15, -0.1) is 0 Å². The first-order valence-electron chi connectivity index (χ1n) is 7.18. The summed E-state index contributed by atoms with van der Waals surface area (Å²) in [6, 6.07) is 7.21. The number of hydrogen-bond acceptors (Lipinski definition) is 2. The number of hydrogen-bond donors (Lipinski definition) is 1. The smallest absolute Gasteiger partial charge is 0.203 e. The molecule has 1 aromatic carbocycles. The molecular formula is C16H20INO2. The molecule has 0 aliphatic carbocycles. The van der Waals surface area contributed by atoms with E-state index in [2.05, 4.69) is 29.5 Å². The quantitative estimate of drug-likeness (QED) is 0.456. The highest BCUT2D eigenvalue weighted by atomic mass is 127. The summed E-state index contributed by atoms with van der Waals surface area (Å²) in [6.07, 6.45) is 6.59. The van der Waals surface area contributed by atoms with Crippen LogP contribution >= 0.6 is 22.6 Å². The summed E-state index contributed by atoms with van der Waals surface area (Å²) in [4.78, 5) is 12.3. The third-order valence-corrected chi connectivity index (χ3v) is 4.71. The van der Waals surface area contributed by atoms with Crippen molar-refractivity contribution in [1.82, 2.24) is 4.73 Å². The van der Waals surface area contributed by atoms with Crippen LogP contribution in [-0.2, 0) is 6.42 Å². The zero-order valence-corrected chi connectivity index (χ0v) is 13.9. The van der Waals surface area contributed by atoms with E-state index in [0.29, 0.717) is 14.5 Å². The first kappa shape index (κ1) is 15.4. The Labute approximate surface area is 132 Å². The number of para-hydroxylation sites is 1. The van der Waals surface area contributed by atoms with Crippen molar-refractivity contribution in [3.63, 3.8) is 0 Å². The Morgan fingerprint density at radius 3 is 2.60 bits per heavy atom. The number of halogens is 1. The van der Waals surface area contributed by atoms with E-state index in [1.165, 1.54) is 24.0 Å². The second-order valence-corrected chi connectivity index (χ2v) is 6.16. The molecule has 1 heterocycles. The lowest BCUT2D eigenvalue weighted by Gasteiger charge is -2.12. The topological polar surface area (TPSA) is 42.2 Å². The van der Waals surface area contributed by atoms with Gasteiger partial charge in [-0.3, -0.25) is 4.79 Å². The Bertz CT molecular complexity index is 649. The highest BCUT2D eigenvalue weighted by Crippen LogP contribution is 2.18. The van der Waals surface area contributed by atoms with Gasteiger partial charge < -0.3 is 5.21 Å². The van der Waals surface area contributed by atoms with E-state index in [-0.39, 0.29) is 5.43 Å². The first-order chi connectivity index (χ1) is 9.66. The van der Waals surface area contributed by atoms with E-state index in [0.717, 1.165) is 25.0 Å². The first-order valence-corrected chi connectivity index (χ1v) is 8.26. The van der Waals surface area contributed by atoms with Crippen LogP contribution in [0.5, 0.6) is 0 Å². The molecule has 0 spiro atoms. The van der Waals surface area contributed by atoms with Gasteiger partial charge in [0.25, 0.3) is 0 Å². The molecule has 1 N–H and O–H groups in total. The molecule has 3 nitrogen and oxygen atoms in total. The van der Waals surface area contributed by atoms with Crippen LogP contribution in [0.25, 0.3) is 10.9 Å². The van der Waals surface area contributed by atoms with Crippen LogP contribution in [-0.4, -0.2) is 9.94 Å². The molecular weight excluding hydrogens is 365 g/mol. The minimum absolute atomic E-state index is 0.0232. The van der Waals surface area contributed by atoms with Gasteiger partial charge in [0.2, 0.25) is 5.43 Å². The molecule has 0 unspecified atom stereocenters. The van der Waals surface area contributed by atoms with Gasteiger partial charge in [-0.2, -0.15) is 4.73 Å². The van der Waals surface area contributed by atoms with Crippen molar-refractivity contribution in [1.29, 1.82) is 0 Å². The van der Waals surface area contributed by atoms with E-state index >= 15 is 0 Å². The molecule has 0 amide bonds. The predicted octanol–water partition coefficient (Wildman–Crippen LogP) is 4.36. The van der Waals surface area contributed by atoms with Crippen molar-refractivity contribution in [3.05, 3.63) is 43.8 Å². The number of unbranched alkanes of at least 4 members (excludes halogenated alkanes) is 4. The van der Waals surface area contributed by atoms with Gasteiger partial charge in [-0.1, -0.05) is 44.7 Å². The summed E-state index contributed by atoms with van der Waals surface area (Å²) in [6.45, 7) is 2.19. The summed E-state index contributed by atoms with van der Waals surface area (Å²) in [7, 11) is 0. The SMILES string of the molecule is CCCCCCCc1c(I)c(=O)c2ccccc2n1O. The molecule has 0 atom stereocenters. The molecule has 0 saturated heterocycles. The number of aromatic nitrogens is 1. The molecule has 2 aromatic rings. The number of nitrogens with zero attached hydrogens (tertiary/aromatic N) is 1. The molecule has 0 radical (unpaired) electrons. The average Bonchev–Trinajstić information content (AvgIpc) is 2.48. The monoisotopic (exact) mass is 385 g/mol. The van der Waals surface area contributed by atoms with E-state index in [9.17, 15) is 10.0 Å². The van der Waals surface area contributed by atoms with Crippen molar-refractivity contribution in [2.24, 2.45) is 0 Å². The summed E-state index contributed by atoms with van der Waals surface area (Å²) in [5.74, 6) is 0. The molecule has 1 aromatic heterocycles. The van der Waals surface area contributed by atoms with Gasteiger partial charge in [-0.05, 0) is 47.6 Å². The third-order valence-electron chi connectivity index (χ3n) is 3.60. The van der Waals surface area contributed by atoms with Gasteiger partial charge >= 0.3 is 0 Å². The van der Waals surface area contributed by atoms with Crippen molar-refractivity contribution in [3.8, 4) is 0 Å². The predicted molar refractivity (Wildman–Crippen MR) is 90.6 cm³/mol. The Hall–Kier alpha value is -1.04. The van der Waals surface area contributed by atoms with Crippen LogP contribution < -0.4 is 5.43 Å². The number of benzene rings is 1. The average molecular weight is 385 g/mol. The van der Waals surface area contributed by atoms with Gasteiger partial charge in [-0.25, -0.2) is 0 Å². The molecule has 108 valence electrons. The summed E-state index contributed by atoms with van der Waals surface area (Å²) in [5, 5.41) is 10.9. The summed E-state index contributed by atoms with van der Waals surface area (Å²) in [5.41, 5.74) is 1.36.